The molecule has 0 aliphatic carbocycles. The number of benzene rings is 1. The summed E-state index contributed by atoms with van der Waals surface area (Å²) >= 11 is 0. The fourth-order valence-corrected chi connectivity index (χ4v) is 1.56. The smallest absolute Gasteiger partial charge is 0.305 e. The van der Waals surface area contributed by atoms with E-state index in [0.717, 1.165) is 0 Å². The molecule has 0 aliphatic rings. The Morgan fingerprint density at radius 2 is 2.32 bits per heavy atom. The zero-order valence-corrected chi connectivity index (χ0v) is 10.1. The van der Waals surface area contributed by atoms with Gasteiger partial charge < -0.3 is 9.84 Å². The van der Waals surface area contributed by atoms with E-state index < -0.39 is 11.8 Å². The van der Waals surface area contributed by atoms with Gasteiger partial charge in [0.15, 0.2) is 17.4 Å². The van der Waals surface area contributed by atoms with Crippen molar-refractivity contribution < 1.29 is 19.0 Å². The van der Waals surface area contributed by atoms with E-state index in [4.69, 9.17) is 9.84 Å². The molecule has 0 aliphatic heterocycles. The van der Waals surface area contributed by atoms with Crippen molar-refractivity contribution in [1.29, 1.82) is 0 Å². The summed E-state index contributed by atoms with van der Waals surface area (Å²) in [6.07, 6.45) is -0.101. The van der Waals surface area contributed by atoms with Gasteiger partial charge in [0.2, 0.25) is 0 Å². The Hall–Kier alpha value is -2.51. The summed E-state index contributed by atoms with van der Waals surface area (Å²) in [6, 6.07) is 4.20. The van der Waals surface area contributed by atoms with Gasteiger partial charge in [-0.05, 0) is 28.6 Å². The molecule has 0 atom stereocenters. The van der Waals surface area contributed by atoms with E-state index in [1.165, 1.54) is 30.0 Å². The zero-order valence-electron chi connectivity index (χ0n) is 10.1. The number of hydrogen-bond donors (Lipinski definition) is 1. The van der Waals surface area contributed by atoms with Crippen molar-refractivity contribution in [3.05, 3.63) is 24.0 Å². The van der Waals surface area contributed by atoms with E-state index in [2.05, 4.69) is 15.5 Å². The lowest BCUT2D eigenvalue weighted by Crippen LogP contribution is -2.07. The van der Waals surface area contributed by atoms with Crippen LogP contribution in [-0.2, 0) is 11.3 Å². The van der Waals surface area contributed by atoms with Crippen LogP contribution >= 0.6 is 0 Å². The van der Waals surface area contributed by atoms with Gasteiger partial charge in [0.05, 0.1) is 20.1 Å². The molecule has 2 rings (SSSR count). The number of nitrogens with zero attached hydrogens (tertiary/aromatic N) is 4. The molecule has 100 valence electrons. The number of carboxylic acid groups (broad SMARTS) is 1. The number of aliphatic carboxylic acids is 1. The van der Waals surface area contributed by atoms with Crippen molar-refractivity contribution in [3.63, 3.8) is 0 Å². The molecule has 8 heteroatoms. The Balaban J connectivity index is 2.31. The first-order valence-electron chi connectivity index (χ1n) is 5.43. The van der Waals surface area contributed by atoms with Crippen molar-refractivity contribution in [2.24, 2.45) is 0 Å². The van der Waals surface area contributed by atoms with Crippen molar-refractivity contribution in [2.75, 3.05) is 7.11 Å². The predicted octanol–water partition coefficient (Wildman–Crippen LogP) is 0.962. The van der Waals surface area contributed by atoms with Crippen LogP contribution in [0.3, 0.4) is 0 Å². The number of aromatic nitrogens is 4. The average Bonchev–Trinajstić information content (AvgIpc) is 2.85. The molecule has 19 heavy (non-hydrogen) atoms. The molecule has 0 radical (unpaired) electrons. The number of rotatable bonds is 5. The number of methoxy groups -OCH3 is 1. The molecule has 1 aromatic heterocycles. The summed E-state index contributed by atoms with van der Waals surface area (Å²) in [5.41, 5.74) is 0.550. The Kier molecular flexibility index (Phi) is 3.69. The molecule has 0 saturated heterocycles. The number of tetrazole rings is 1. The van der Waals surface area contributed by atoms with E-state index >= 15 is 0 Å². The highest BCUT2D eigenvalue weighted by molar-refractivity contribution is 5.66. The van der Waals surface area contributed by atoms with Crippen LogP contribution in [0.15, 0.2) is 18.2 Å². The summed E-state index contributed by atoms with van der Waals surface area (Å²) in [5.74, 6) is -1.00. The van der Waals surface area contributed by atoms with Gasteiger partial charge in [-0.15, -0.1) is 5.10 Å². The van der Waals surface area contributed by atoms with Crippen LogP contribution in [-0.4, -0.2) is 38.4 Å². The van der Waals surface area contributed by atoms with E-state index in [-0.39, 0.29) is 18.7 Å². The second kappa shape index (κ2) is 5.42. The maximum absolute atomic E-state index is 13.3. The van der Waals surface area contributed by atoms with Gasteiger partial charge >= 0.3 is 5.97 Å². The quantitative estimate of drug-likeness (QED) is 0.867. The zero-order chi connectivity index (χ0) is 13.8. The van der Waals surface area contributed by atoms with E-state index in [0.29, 0.717) is 11.4 Å². The number of halogens is 1. The lowest BCUT2D eigenvalue weighted by Gasteiger charge is -2.06. The first-order chi connectivity index (χ1) is 9.11. The Morgan fingerprint density at radius 3 is 3.00 bits per heavy atom. The number of carboxylic acids is 1. The van der Waals surface area contributed by atoms with Gasteiger partial charge in [-0.2, -0.15) is 0 Å². The standard InChI is InChI=1S/C11H11FN4O3/c1-19-9-6-7(2-3-8(9)12)11-13-14-15-16(11)5-4-10(17)18/h2-3,6H,4-5H2,1H3,(H,17,18). The SMILES string of the molecule is COc1cc(-c2nnnn2CCC(=O)O)ccc1F. The summed E-state index contributed by atoms with van der Waals surface area (Å²) in [7, 11) is 1.36. The monoisotopic (exact) mass is 266 g/mol. The number of hydrogen-bond acceptors (Lipinski definition) is 5. The molecule has 1 aromatic carbocycles. The van der Waals surface area contributed by atoms with Gasteiger partial charge in [0.25, 0.3) is 0 Å². The minimum Gasteiger partial charge on any atom is -0.494 e. The highest BCUT2D eigenvalue weighted by Gasteiger charge is 2.12. The van der Waals surface area contributed by atoms with Crippen molar-refractivity contribution >= 4 is 5.97 Å². The molecule has 0 fully saturated rings. The molecule has 0 saturated carbocycles. The molecule has 1 N–H and O–H groups in total. The molecule has 0 unspecified atom stereocenters. The third-order valence-corrected chi connectivity index (χ3v) is 2.48. The Morgan fingerprint density at radius 1 is 1.53 bits per heavy atom. The Bertz CT molecular complexity index is 599. The maximum atomic E-state index is 13.3. The molecular formula is C11H11FN4O3. The number of carbonyl (C=O) groups is 1. The summed E-state index contributed by atoms with van der Waals surface area (Å²) < 4.78 is 19.5. The highest BCUT2D eigenvalue weighted by atomic mass is 19.1. The molecule has 7 nitrogen and oxygen atoms in total. The maximum Gasteiger partial charge on any atom is 0.305 e. The van der Waals surface area contributed by atoms with Crippen molar-refractivity contribution in [2.45, 2.75) is 13.0 Å². The van der Waals surface area contributed by atoms with E-state index in [9.17, 15) is 9.18 Å². The van der Waals surface area contributed by atoms with Crippen molar-refractivity contribution in [3.8, 4) is 17.1 Å². The molecule has 0 bridgehead atoms. The van der Waals surface area contributed by atoms with Crippen LogP contribution in [0, 0.1) is 5.82 Å². The van der Waals surface area contributed by atoms with Crippen LogP contribution in [0.4, 0.5) is 4.39 Å². The fraction of sp³-hybridized carbons (Fsp3) is 0.273. The summed E-state index contributed by atoms with van der Waals surface area (Å²) in [5, 5.41) is 19.6. The van der Waals surface area contributed by atoms with Crippen LogP contribution in [0.5, 0.6) is 5.75 Å². The largest absolute Gasteiger partial charge is 0.494 e. The first kappa shape index (κ1) is 12.9. The molecular weight excluding hydrogens is 255 g/mol. The van der Waals surface area contributed by atoms with Crippen LogP contribution < -0.4 is 4.74 Å². The normalized spacial score (nSPS) is 10.4. The number of aryl methyl sites for hydroxylation is 1. The molecule has 0 spiro atoms. The van der Waals surface area contributed by atoms with Gasteiger partial charge in [-0.3, -0.25) is 4.79 Å². The average molecular weight is 266 g/mol. The van der Waals surface area contributed by atoms with E-state index in [1.54, 1.807) is 0 Å². The minimum atomic E-state index is -0.946. The first-order valence-corrected chi connectivity index (χ1v) is 5.43. The van der Waals surface area contributed by atoms with Gasteiger partial charge in [0, 0.05) is 5.56 Å². The second-order valence-electron chi connectivity index (χ2n) is 3.72. The highest BCUT2D eigenvalue weighted by Crippen LogP contribution is 2.24. The minimum absolute atomic E-state index is 0.0743. The van der Waals surface area contributed by atoms with Crippen molar-refractivity contribution in [1.82, 2.24) is 20.2 Å². The third kappa shape index (κ3) is 2.84. The summed E-state index contributed by atoms with van der Waals surface area (Å²) in [6.45, 7) is 0.136. The fourth-order valence-electron chi connectivity index (χ4n) is 1.56. The number of ether oxygens (including phenoxy) is 1. The van der Waals surface area contributed by atoms with E-state index in [1.807, 2.05) is 0 Å². The summed E-state index contributed by atoms with van der Waals surface area (Å²) in [4.78, 5) is 10.5. The predicted molar refractivity (Wildman–Crippen MR) is 62.0 cm³/mol. The van der Waals surface area contributed by atoms with Crippen LogP contribution in [0.2, 0.25) is 0 Å². The van der Waals surface area contributed by atoms with Crippen LogP contribution in [0.1, 0.15) is 6.42 Å². The van der Waals surface area contributed by atoms with Gasteiger partial charge in [-0.25, -0.2) is 9.07 Å². The van der Waals surface area contributed by atoms with Gasteiger partial charge in [0.1, 0.15) is 0 Å². The molecule has 1 heterocycles. The molecule has 0 amide bonds. The Labute approximate surface area is 107 Å². The third-order valence-electron chi connectivity index (χ3n) is 2.48. The lowest BCUT2D eigenvalue weighted by atomic mass is 10.2. The van der Waals surface area contributed by atoms with Crippen LogP contribution in [0.25, 0.3) is 11.4 Å². The molecule has 2 aromatic rings. The second-order valence-corrected chi connectivity index (χ2v) is 3.72. The lowest BCUT2D eigenvalue weighted by molar-refractivity contribution is -0.137. The topological polar surface area (TPSA) is 90.1 Å². The van der Waals surface area contributed by atoms with Gasteiger partial charge in [-0.1, -0.05) is 0 Å².